The molecule has 0 heterocycles. The normalized spacial score (nSPS) is 16.0. The van der Waals surface area contributed by atoms with E-state index in [1.807, 2.05) is 0 Å². The van der Waals surface area contributed by atoms with E-state index in [2.05, 4.69) is 5.73 Å². The van der Waals surface area contributed by atoms with Gasteiger partial charge in [-0.25, -0.2) is 0 Å². The van der Waals surface area contributed by atoms with E-state index in [-0.39, 0.29) is 0 Å². The highest BCUT2D eigenvalue weighted by Gasteiger charge is 2.87. The summed E-state index contributed by atoms with van der Waals surface area (Å²) in [5.41, 5.74) is 2.09. The maximum absolute atomic E-state index is 12.5. The Morgan fingerprint density at radius 3 is 1.11 bits per heavy atom. The molecule has 0 rings (SSSR count). The van der Waals surface area contributed by atoms with Crippen LogP contribution < -0.4 is 5.73 Å². The molecule has 110 valence electrons. The van der Waals surface area contributed by atoms with E-state index >= 15 is 0 Å². The lowest BCUT2D eigenvalue weighted by Crippen LogP contribution is -2.72. The molecule has 0 aromatic heterocycles. The number of hydrogen-bond donors (Lipinski definition) is 1. The number of halogens is 11. The molecule has 0 spiro atoms. The van der Waals surface area contributed by atoms with Gasteiger partial charge in [-0.05, 0) is 0 Å². The molecule has 0 atom stereocenters. The van der Waals surface area contributed by atoms with Crippen LogP contribution in [0.15, 0.2) is 0 Å². The van der Waals surface area contributed by atoms with Crippen LogP contribution in [-0.4, -0.2) is 36.4 Å². The first-order valence-electron chi connectivity index (χ1n) is 3.93. The average Bonchev–Trinajstić information content (AvgIpc) is 2.15. The number of rotatable bonds is 4. The monoisotopic (exact) mass is 300 g/mol. The van der Waals surface area contributed by atoms with Gasteiger partial charge in [0, 0.05) is 0 Å². The second-order valence-electron chi connectivity index (χ2n) is 3.18. The van der Waals surface area contributed by atoms with Gasteiger partial charge in [0.2, 0.25) is 0 Å². The lowest BCUT2D eigenvalue weighted by Gasteiger charge is -2.36. The zero-order valence-electron chi connectivity index (χ0n) is 8.07. The van der Waals surface area contributed by atoms with E-state index in [1.165, 1.54) is 0 Å². The van der Waals surface area contributed by atoms with Crippen LogP contribution in [0.5, 0.6) is 0 Å². The number of alkyl halides is 11. The van der Waals surface area contributed by atoms with Gasteiger partial charge in [0.25, 0.3) is 0 Å². The minimum absolute atomic E-state index is 2.09. The van der Waals surface area contributed by atoms with E-state index in [1.54, 1.807) is 0 Å². The van der Waals surface area contributed by atoms with E-state index in [0.717, 1.165) is 0 Å². The van der Waals surface area contributed by atoms with Crippen LogP contribution in [0.3, 0.4) is 0 Å². The number of hydrogen-bond acceptors (Lipinski definition) is 0. The summed E-state index contributed by atoms with van der Waals surface area (Å²) in [4.78, 5) is 0. The third-order valence-electron chi connectivity index (χ3n) is 1.92. The van der Waals surface area contributed by atoms with Gasteiger partial charge in [0.15, 0.2) is 0 Å². The molecular weight excluding hydrogens is 295 g/mol. The average molecular weight is 300 g/mol. The Hall–Kier alpha value is -0.810. The quantitative estimate of drug-likeness (QED) is 0.772. The summed E-state index contributed by atoms with van der Waals surface area (Å²) < 4.78 is 133. The van der Waals surface area contributed by atoms with Gasteiger partial charge in [-0.3, -0.25) is 0 Å². The van der Waals surface area contributed by atoms with E-state index in [4.69, 9.17) is 0 Å². The van der Waals surface area contributed by atoms with Crippen LogP contribution >= 0.6 is 0 Å². The van der Waals surface area contributed by atoms with Crippen molar-refractivity contribution in [1.82, 2.24) is 0 Å². The Labute approximate surface area is 91.7 Å². The van der Waals surface area contributed by atoms with Gasteiger partial charge in [-0.1, -0.05) is 0 Å². The molecule has 0 radical (unpaired) electrons. The molecule has 0 saturated heterocycles. The zero-order chi connectivity index (χ0) is 15.2. The molecule has 0 unspecified atom stereocenters. The van der Waals surface area contributed by atoms with Crippen LogP contribution in [0.25, 0.3) is 0 Å². The first-order chi connectivity index (χ1) is 7.56. The van der Waals surface area contributed by atoms with Crippen LogP contribution in [0.1, 0.15) is 0 Å². The van der Waals surface area contributed by atoms with Crippen molar-refractivity contribution in [1.29, 1.82) is 0 Å². The van der Waals surface area contributed by atoms with Gasteiger partial charge in [-0.2, -0.15) is 48.3 Å². The fourth-order valence-corrected chi connectivity index (χ4v) is 0.762. The fraction of sp³-hybridized carbons (Fsp3) is 1.00. The van der Waals surface area contributed by atoms with Crippen LogP contribution in [0, 0.1) is 0 Å². The molecule has 0 aromatic carbocycles. The minimum Gasteiger partial charge on any atom is -0.352 e. The highest BCUT2D eigenvalue weighted by molar-refractivity contribution is 5.05. The van der Waals surface area contributed by atoms with Crippen molar-refractivity contribution in [2.24, 2.45) is 0 Å². The summed E-state index contributed by atoms with van der Waals surface area (Å²) in [6.45, 7) is -2.29. The van der Waals surface area contributed by atoms with Crippen molar-refractivity contribution >= 4 is 0 Å². The largest absolute Gasteiger partial charge is 0.460 e. The predicted octanol–water partition coefficient (Wildman–Crippen LogP) is 2.33. The van der Waals surface area contributed by atoms with Crippen molar-refractivity contribution in [3.8, 4) is 0 Å². The molecule has 0 amide bonds. The van der Waals surface area contributed by atoms with E-state index < -0.39 is 36.4 Å². The van der Waals surface area contributed by atoms with Crippen molar-refractivity contribution < 1.29 is 54.0 Å². The summed E-state index contributed by atoms with van der Waals surface area (Å²) in [6, 6.07) is 0. The second-order valence-corrected chi connectivity index (χ2v) is 3.18. The van der Waals surface area contributed by atoms with Crippen molar-refractivity contribution in [2.45, 2.75) is 29.9 Å². The third kappa shape index (κ3) is 2.10. The molecule has 0 saturated carbocycles. The van der Waals surface area contributed by atoms with Crippen molar-refractivity contribution in [3.05, 3.63) is 0 Å². The Bertz CT molecular complexity index is 303. The summed E-state index contributed by atoms with van der Waals surface area (Å²) in [6.07, 6.45) is -7.11. The molecule has 0 bridgehead atoms. The Kier molecular flexibility index (Phi) is 3.91. The van der Waals surface area contributed by atoms with Crippen LogP contribution in [-0.2, 0) is 0 Å². The maximum atomic E-state index is 12.5. The summed E-state index contributed by atoms with van der Waals surface area (Å²) in [7, 11) is 0. The summed E-state index contributed by atoms with van der Waals surface area (Å²) in [5, 5.41) is 0. The molecule has 12 heteroatoms. The summed E-state index contributed by atoms with van der Waals surface area (Å²) in [5.74, 6) is -27.4. The summed E-state index contributed by atoms with van der Waals surface area (Å²) >= 11 is 0. The number of quaternary nitrogens is 1. The molecule has 1 nitrogen and oxygen atoms in total. The Morgan fingerprint density at radius 1 is 0.556 bits per heavy atom. The molecule has 0 fully saturated rings. The fourth-order valence-electron chi connectivity index (χ4n) is 0.762. The first-order valence-corrected chi connectivity index (χ1v) is 3.93. The van der Waals surface area contributed by atoms with Gasteiger partial charge in [0.1, 0.15) is 6.54 Å². The van der Waals surface area contributed by atoms with Gasteiger partial charge in [-0.15, -0.1) is 0 Å². The van der Waals surface area contributed by atoms with Gasteiger partial charge in [0.05, 0.1) is 0 Å². The molecule has 3 N–H and O–H groups in total. The van der Waals surface area contributed by atoms with Crippen LogP contribution in [0.2, 0.25) is 0 Å². The van der Waals surface area contributed by atoms with Crippen molar-refractivity contribution in [2.75, 3.05) is 6.54 Å². The molecule has 0 aliphatic carbocycles. The lowest BCUT2D eigenvalue weighted by molar-refractivity contribution is -0.467. The van der Waals surface area contributed by atoms with E-state index in [9.17, 15) is 48.3 Å². The van der Waals surface area contributed by atoms with Gasteiger partial charge >= 0.3 is 29.9 Å². The smallest absolute Gasteiger partial charge is 0.352 e. The predicted molar refractivity (Wildman–Crippen MR) is 33.6 cm³/mol. The van der Waals surface area contributed by atoms with E-state index in [0.29, 0.717) is 0 Å². The van der Waals surface area contributed by atoms with Crippen molar-refractivity contribution in [3.63, 3.8) is 0 Å². The second kappa shape index (κ2) is 4.10. The SMILES string of the molecule is [NH3+]CC(F)(F)C(F)(F)C(F)(F)C(F)(F)C(F)(F)F. The molecule has 0 aliphatic heterocycles. The molecule has 0 aliphatic rings. The first kappa shape index (κ1) is 17.2. The maximum Gasteiger partial charge on any atom is 0.460 e. The third-order valence-corrected chi connectivity index (χ3v) is 1.92. The van der Waals surface area contributed by atoms with Crippen LogP contribution in [0.4, 0.5) is 48.3 Å². The molecule has 0 aromatic rings. The lowest BCUT2D eigenvalue weighted by atomic mass is 9.98. The highest BCUT2D eigenvalue weighted by Crippen LogP contribution is 2.56. The standard InChI is InChI=1S/C6H4F11N/c7-2(8,1-18)3(9,10)4(11,12)5(13,14)6(15,16)17/h1,18H2/p+1. The zero-order valence-corrected chi connectivity index (χ0v) is 8.07. The molecule has 18 heavy (non-hydrogen) atoms. The van der Waals surface area contributed by atoms with Gasteiger partial charge < -0.3 is 5.73 Å². The Balaban J connectivity index is 5.80. The topological polar surface area (TPSA) is 27.6 Å². The Morgan fingerprint density at radius 2 is 0.889 bits per heavy atom. The minimum atomic E-state index is -7.32. The highest BCUT2D eigenvalue weighted by atomic mass is 19.4. The molecular formula is C6H5F11N+.